The second kappa shape index (κ2) is 9.04. The number of anilines is 1. The molecule has 0 fully saturated rings. The molecule has 0 spiro atoms. The SMILES string of the molecule is COc1ccc(C(=O)Nc2cc(-c3ccc(CC(=O)OC(C)(C)C)cc3)nn2C)cc1. The van der Waals surface area contributed by atoms with Gasteiger partial charge >= 0.3 is 5.97 Å². The van der Waals surface area contributed by atoms with Gasteiger partial charge < -0.3 is 14.8 Å². The summed E-state index contributed by atoms with van der Waals surface area (Å²) in [7, 11) is 3.35. The molecule has 0 aliphatic carbocycles. The Hall–Kier alpha value is -3.61. The minimum Gasteiger partial charge on any atom is -0.497 e. The Labute approximate surface area is 182 Å². The van der Waals surface area contributed by atoms with Crippen LogP contribution in [0.4, 0.5) is 5.82 Å². The number of carbonyl (C=O) groups is 2. The lowest BCUT2D eigenvalue weighted by Crippen LogP contribution is -2.24. The van der Waals surface area contributed by atoms with Crippen molar-refractivity contribution in [2.45, 2.75) is 32.8 Å². The molecule has 1 aromatic heterocycles. The summed E-state index contributed by atoms with van der Waals surface area (Å²) in [5.74, 6) is 0.773. The van der Waals surface area contributed by atoms with E-state index in [4.69, 9.17) is 9.47 Å². The largest absolute Gasteiger partial charge is 0.497 e. The number of methoxy groups -OCH3 is 1. The first-order valence-electron chi connectivity index (χ1n) is 9.95. The summed E-state index contributed by atoms with van der Waals surface area (Å²) < 4.78 is 12.1. The average Bonchev–Trinajstić information content (AvgIpc) is 3.07. The molecule has 0 aliphatic rings. The molecule has 0 radical (unpaired) electrons. The standard InChI is InChI=1S/C24H27N3O4/c1-24(2,3)31-22(28)14-16-6-8-17(9-7-16)20-15-21(27(4)26-20)25-23(29)18-10-12-19(30-5)13-11-18/h6-13,15H,14H2,1-5H3,(H,25,29). The molecule has 3 rings (SSSR count). The quantitative estimate of drug-likeness (QED) is 0.602. The molecule has 1 heterocycles. The molecule has 2 aromatic carbocycles. The average molecular weight is 421 g/mol. The lowest BCUT2D eigenvalue weighted by molar-refractivity contribution is -0.153. The number of benzene rings is 2. The lowest BCUT2D eigenvalue weighted by Gasteiger charge is -2.19. The van der Waals surface area contributed by atoms with Crippen molar-refractivity contribution in [3.63, 3.8) is 0 Å². The van der Waals surface area contributed by atoms with Crippen molar-refractivity contribution in [2.24, 2.45) is 7.05 Å². The number of carbonyl (C=O) groups excluding carboxylic acids is 2. The van der Waals surface area contributed by atoms with Crippen LogP contribution in [0, 0.1) is 0 Å². The summed E-state index contributed by atoms with van der Waals surface area (Å²) in [5.41, 5.74) is 2.49. The number of esters is 1. The number of hydrogen-bond donors (Lipinski definition) is 1. The highest BCUT2D eigenvalue weighted by Gasteiger charge is 2.17. The Bertz CT molecular complexity index is 1060. The number of amides is 1. The van der Waals surface area contributed by atoms with Gasteiger partial charge in [0.25, 0.3) is 5.91 Å². The third kappa shape index (κ3) is 5.94. The first-order chi connectivity index (χ1) is 14.6. The van der Waals surface area contributed by atoms with E-state index in [1.54, 1.807) is 43.1 Å². The van der Waals surface area contributed by atoms with Crippen LogP contribution in [0.25, 0.3) is 11.3 Å². The van der Waals surface area contributed by atoms with Crippen LogP contribution in [-0.4, -0.2) is 34.4 Å². The van der Waals surface area contributed by atoms with Gasteiger partial charge in [-0.05, 0) is 50.6 Å². The summed E-state index contributed by atoms with van der Waals surface area (Å²) >= 11 is 0. The van der Waals surface area contributed by atoms with Crippen molar-refractivity contribution >= 4 is 17.7 Å². The van der Waals surface area contributed by atoms with E-state index < -0.39 is 5.60 Å². The van der Waals surface area contributed by atoms with Gasteiger partial charge in [0.2, 0.25) is 0 Å². The number of aromatic nitrogens is 2. The molecule has 7 nitrogen and oxygen atoms in total. The highest BCUT2D eigenvalue weighted by molar-refractivity contribution is 6.04. The van der Waals surface area contributed by atoms with Gasteiger partial charge in [0, 0.05) is 24.2 Å². The number of ether oxygens (including phenoxy) is 2. The van der Waals surface area contributed by atoms with Gasteiger partial charge in [-0.2, -0.15) is 5.10 Å². The van der Waals surface area contributed by atoms with Crippen LogP contribution in [0.15, 0.2) is 54.6 Å². The van der Waals surface area contributed by atoms with Gasteiger partial charge in [-0.15, -0.1) is 0 Å². The minimum atomic E-state index is -0.502. The lowest BCUT2D eigenvalue weighted by atomic mass is 10.1. The van der Waals surface area contributed by atoms with E-state index in [1.165, 1.54) is 0 Å². The molecule has 0 saturated carbocycles. The van der Waals surface area contributed by atoms with Crippen molar-refractivity contribution in [1.82, 2.24) is 9.78 Å². The smallest absolute Gasteiger partial charge is 0.310 e. The van der Waals surface area contributed by atoms with Crippen LogP contribution in [0.1, 0.15) is 36.7 Å². The second-order valence-corrected chi connectivity index (χ2v) is 8.18. The number of aryl methyl sites for hydroxylation is 1. The monoisotopic (exact) mass is 421 g/mol. The number of hydrogen-bond acceptors (Lipinski definition) is 5. The molecule has 31 heavy (non-hydrogen) atoms. The summed E-state index contributed by atoms with van der Waals surface area (Å²) in [6.07, 6.45) is 0.211. The molecular formula is C24H27N3O4. The van der Waals surface area contributed by atoms with Crippen molar-refractivity contribution in [1.29, 1.82) is 0 Å². The zero-order valence-corrected chi connectivity index (χ0v) is 18.4. The van der Waals surface area contributed by atoms with Crippen molar-refractivity contribution in [2.75, 3.05) is 12.4 Å². The van der Waals surface area contributed by atoms with Crippen molar-refractivity contribution < 1.29 is 19.1 Å². The number of nitrogens with one attached hydrogen (secondary N) is 1. The van der Waals surface area contributed by atoms with E-state index in [0.717, 1.165) is 16.8 Å². The predicted octanol–water partition coefficient (Wildman–Crippen LogP) is 4.23. The maximum atomic E-state index is 12.5. The van der Waals surface area contributed by atoms with Gasteiger partial charge in [-0.1, -0.05) is 24.3 Å². The molecule has 7 heteroatoms. The van der Waals surface area contributed by atoms with E-state index in [0.29, 0.717) is 17.1 Å². The normalized spacial score (nSPS) is 11.1. The molecule has 0 saturated heterocycles. The Morgan fingerprint density at radius 1 is 1.03 bits per heavy atom. The third-order valence-corrected chi connectivity index (χ3v) is 4.49. The molecular weight excluding hydrogens is 394 g/mol. The van der Waals surface area contributed by atoms with Crippen LogP contribution in [0.5, 0.6) is 5.75 Å². The van der Waals surface area contributed by atoms with Crippen LogP contribution < -0.4 is 10.1 Å². The minimum absolute atomic E-state index is 0.211. The summed E-state index contributed by atoms with van der Waals surface area (Å²) in [5, 5.41) is 7.36. The Balaban J connectivity index is 1.68. The van der Waals surface area contributed by atoms with Gasteiger partial charge in [0.05, 0.1) is 19.2 Å². The van der Waals surface area contributed by atoms with Crippen molar-refractivity contribution in [3.8, 4) is 17.0 Å². The van der Waals surface area contributed by atoms with Gasteiger partial charge in [-0.3, -0.25) is 14.3 Å². The Morgan fingerprint density at radius 2 is 1.68 bits per heavy atom. The van der Waals surface area contributed by atoms with E-state index in [1.807, 2.05) is 51.1 Å². The highest BCUT2D eigenvalue weighted by Crippen LogP contribution is 2.23. The fourth-order valence-corrected chi connectivity index (χ4v) is 2.99. The Kier molecular flexibility index (Phi) is 6.44. The van der Waals surface area contributed by atoms with Crippen LogP contribution in [0.2, 0.25) is 0 Å². The van der Waals surface area contributed by atoms with Crippen LogP contribution >= 0.6 is 0 Å². The molecule has 0 bridgehead atoms. The first-order valence-corrected chi connectivity index (χ1v) is 9.95. The molecule has 0 unspecified atom stereocenters. The fraction of sp³-hybridized carbons (Fsp3) is 0.292. The molecule has 1 N–H and O–H groups in total. The van der Waals surface area contributed by atoms with Gasteiger partial charge in [0.15, 0.2) is 0 Å². The van der Waals surface area contributed by atoms with Crippen molar-refractivity contribution in [3.05, 3.63) is 65.7 Å². The maximum Gasteiger partial charge on any atom is 0.310 e. The number of nitrogens with zero attached hydrogens (tertiary/aromatic N) is 2. The Morgan fingerprint density at radius 3 is 2.26 bits per heavy atom. The third-order valence-electron chi connectivity index (χ3n) is 4.49. The molecule has 3 aromatic rings. The predicted molar refractivity (Wildman–Crippen MR) is 119 cm³/mol. The molecule has 0 atom stereocenters. The second-order valence-electron chi connectivity index (χ2n) is 8.18. The van der Waals surface area contributed by atoms with E-state index in [9.17, 15) is 9.59 Å². The zero-order valence-electron chi connectivity index (χ0n) is 18.4. The van der Waals surface area contributed by atoms with Gasteiger partial charge in [-0.25, -0.2) is 0 Å². The summed E-state index contributed by atoms with van der Waals surface area (Å²) in [6, 6.07) is 16.3. The maximum absolute atomic E-state index is 12.5. The number of rotatable bonds is 6. The van der Waals surface area contributed by atoms with E-state index in [2.05, 4.69) is 10.4 Å². The van der Waals surface area contributed by atoms with Crippen LogP contribution in [0.3, 0.4) is 0 Å². The van der Waals surface area contributed by atoms with Crippen LogP contribution in [-0.2, 0) is 23.0 Å². The highest BCUT2D eigenvalue weighted by atomic mass is 16.6. The summed E-state index contributed by atoms with van der Waals surface area (Å²) in [6.45, 7) is 5.54. The van der Waals surface area contributed by atoms with Gasteiger partial charge in [0.1, 0.15) is 17.2 Å². The zero-order chi connectivity index (χ0) is 22.6. The van der Waals surface area contributed by atoms with E-state index in [-0.39, 0.29) is 18.3 Å². The molecule has 0 aliphatic heterocycles. The first kappa shape index (κ1) is 22.1. The molecule has 1 amide bonds. The summed E-state index contributed by atoms with van der Waals surface area (Å²) in [4.78, 5) is 24.5. The molecule has 162 valence electrons. The fourth-order valence-electron chi connectivity index (χ4n) is 2.99. The van der Waals surface area contributed by atoms with E-state index >= 15 is 0 Å². The topological polar surface area (TPSA) is 82.4 Å².